The van der Waals surface area contributed by atoms with Gasteiger partial charge in [0.25, 0.3) is 0 Å². The smallest absolute Gasteiger partial charge is 0.121 e. The number of hydrogen-bond acceptors (Lipinski definition) is 4. The minimum atomic E-state index is 0.110. The van der Waals surface area contributed by atoms with Crippen molar-refractivity contribution in [1.29, 1.82) is 0 Å². The molecule has 0 aliphatic carbocycles. The lowest BCUT2D eigenvalue weighted by atomic mass is 9.94. The van der Waals surface area contributed by atoms with Crippen molar-refractivity contribution in [3.8, 4) is 5.75 Å². The Hall–Kier alpha value is -1.81. The van der Waals surface area contributed by atoms with E-state index in [2.05, 4.69) is 68.9 Å². The summed E-state index contributed by atoms with van der Waals surface area (Å²) in [6.07, 6.45) is 2.57. The topological polar surface area (TPSA) is 28.6 Å². The summed E-state index contributed by atoms with van der Waals surface area (Å²) >= 11 is 0. The zero-order valence-electron chi connectivity index (χ0n) is 16.3. The van der Waals surface area contributed by atoms with Gasteiger partial charge in [0.1, 0.15) is 5.75 Å². The molecule has 3 rings (SSSR count). The molecule has 0 atom stereocenters. The molecular formula is C21H31N3O. The Bertz CT molecular complexity index is 733. The monoisotopic (exact) mass is 341 g/mol. The van der Waals surface area contributed by atoms with E-state index in [0.29, 0.717) is 6.61 Å². The molecular weight excluding hydrogens is 310 g/mol. The zero-order valence-corrected chi connectivity index (χ0v) is 16.3. The van der Waals surface area contributed by atoms with Crippen molar-refractivity contribution in [2.24, 2.45) is 5.41 Å². The van der Waals surface area contributed by atoms with Gasteiger partial charge in [0.05, 0.1) is 12.1 Å². The third-order valence-corrected chi connectivity index (χ3v) is 4.71. The molecule has 0 saturated carbocycles. The fourth-order valence-electron chi connectivity index (χ4n) is 3.81. The summed E-state index contributed by atoms with van der Waals surface area (Å²) in [7, 11) is 4.20. The van der Waals surface area contributed by atoms with Crippen LogP contribution in [0.2, 0.25) is 0 Å². The number of aromatic nitrogens is 1. The summed E-state index contributed by atoms with van der Waals surface area (Å²) < 4.78 is 6.10. The van der Waals surface area contributed by atoms with Gasteiger partial charge < -0.3 is 14.5 Å². The molecule has 136 valence electrons. The summed E-state index contributed by atoms with van der Waals surface area (Å²) in [6.45, 7) is 10.5. The van der Waals surface area contributed by atoms with E-state index in [9.17, 15) is 0 Å². The molecule has 25 heavy (non-hydrogen) atoms. The fraction of sp³-hybridized carbons (Fsp3) is 0.571. The molecule has 2 heterocycles. The molecule has 2 aromatic rings. The minimum absolute atomic E-state index is 0.110. The molecule has 1 aromatic carbocycles. The second-order valence-corrected chi connectivity index (χ2v) is 8.35. The Morgan fingerprint density at radius 3 is 2.56 bits per heavy atom. The van der Waals surface area contributed by atoms with E-state index >= 15 is 0 Å². The van der Waals surface area contributed by atoms with Crippen molar-refractivity contribution in [3.05, 3.63) is 30.0 Å². The number of pyridine rings is 1. The maximum Gasteiger partial charge on any atom is 0.121 e. The van der Waals surface area contributed by atoms with Gasteiger partial charge in [-0.15, -0.1) is 0 Å². The van der Waals surface area contributed by atoms with Crippen LogP contribution >= 0.6 is 0 Å². The zero-order chi connectivity index (χ0) is 18.0. The van der Waals surface area contributed by atoms with E-state index in [4.69, 9.17) is 9.72 Å². The van der Waals surface area contributed by atoms with Gasteiger partial charge in [-0.25, -0.2) is 0 Å². The summed E-state index contributed by atoms with van der Waals surface area (Å²) in [5.74, 6) is 0.907. The van der Waals surface area contributed by atoms with Crippen LogP contribution in [0, 0.1) is 12.3 Å². The number of ether oxygens (including phenoxy) is 1. The third kappa shape index (κ3) is 4.43. The molecule has 0 bridgehead atoms. The van der Waals surface area contributed by atoms with Crippen LogP contribution in [-0.2, 0) is 0 Å². The summed E-state index contributed by atoms with van der Waals surface area (Å²) in [6, 6.07) is 8.57. The van der Waals surface area contributed by atoms with Crippen molar-refractivity contribution < 1.29 is 4.74 Å². The predicted octanol–water partition coefficient (Wildman–Crippen LogP) is 4.11. The van der Waals surface area contributed by atoms with Crippen LogP contribution in [0.1, 0.15) is 32.4 Å². The highest BCUT2D eigenvalue weighted by atomic mass is 16.5. The Balaban J connectivity index is 1.82. The maximum absolute atomic E-state index is 6.10. The van der Waals surface area contributed by atoms with Gasteiger partial charge in [0, 0.05) is 47.9 Å². The molecule has 1 aliphatic heterocycles. The minimum Gasteiger partial charge on any atom is -0.493 e. The average molecular weight is 341 g/mol. The van der Waals surface area contributed by atoms with Gasteiger partial charge in [-0.1, -0.05) is 13.8 Å². The van der Waals surface area contributed by atoms with Gasteiger partial charge in [0.15, 0.2) is 0 Å². The lowest BCUT2D eigenvalue weighted by Gasteiger charge is -2.28. The first-order chi connectivity index (χ1) is 11.8. The first-order valence-corrected chi connectivity index (χ1v) is 9.28. The molecule has 1 aromatic heterocycles. The predicted molar refractivity (Wildman–Crippen MR) is 106 cm³/mol. The number of rotatable bonds is 6. The molecule has 0 spiro atoms. The van der Waals surface area contributed by atoms with E-state index < -0.39 is 0 Å². The van der Waals surface area contributed by atoms with Gasteiger partial charge in [-0.3, -0.25) is 4.98 Å². The van der Waals surface area contributed by atoms with E-state index in [1.807, 2.05) is 0 Å². The number of anilines is 1. The maximum atomic E-state index is 6.10. The molecule has 4 heteroatoms. The Labute approximate surface area is 151 Å². The number of nitrogens with zero attached hydrogens (tertiary/aromatic N) is 3. The van der Waals surface area contributed by atoms with Gasteiger partial charge in [0.2, 0.25) is 0 Å². The number of aryl methyl sites for hydroxylation is 1. The van der Waals surface area contributed by atoms with Crippen LogP contribution in [0.4, 0.5) is 5.69 Å². The van der Waals surface area contributed by atoms with Gasteiger partial charge >= 0.3 is 0 Å². The Morgan fingerprint density at radius 1 is 1.16 bits per heavy atom. The standard InChI is InChI=1S/C21H31N3O/c1-16-12-20(24-10-6-7-11-24)18-9-8-17(13-19(18)22-16)25-15-21(2,3)14-23(4)5/h8-9,12-13H,6-7,10-11,14-15H2,1-5H3. The van der Waals surface area contributed by atoms with Crippen LogP contribution in [-0.4, -0.2) is 50.2 Å². The highest BCUT2D eigenvalue weighted by Gasteiger charge is 2.20. The highest BCUT2D eigenvalue weighted by molar-refractivity contribution is 5.93. The quantitative estimate of drug-likeness (QED) is 0.790. The second kappa shape index (κ2) is 7.20. The van der Waals surface area contributed by atoms with Gasteiger partial charge in [-0.2, -0.15) is 0 Å². The number of hydrogen-bond donors (Lipinski definition) is 0. The first-order valence-electron chi connectivity index (χ1n) is 9.28. The summed E-state index contributed by atoms with van der Waals surface area (Å²) in [5.41, 5.74) is 3.53. The Kier molecular flexibility index (Phi) is 5.19. The summed E-state index contributed by atoms with van der Waals surface area (Å²) in [5, 5.41) is 1.23. The largest absolute Gasteiger partial charge is 0.493 e. The molecule has 1 fully saturated rings. The molecule has 1 aliphatic rings. The van der Waals surface area contributed by atoms with Crippen LogP contribution in [0.25, 0.3) is 10.9 Å². The second-order valence-electron chi connectivity index (χ2n) is 8.35. The van der Waals surface area contributed by atoms with E-state index in [1.54, 1.807) is 0 Å². The van der Waals surface area contributed by atoms with Crippen molar-refractivity contribution in [3.63, 3.8) is 0 Å². The average Bonchev–Trinajstić information content (AvgIpc) is 3.05. The molecule has 0 unspecified atom stereocenters. The van der Waals surface area contributed by atoms with E-state index in [1.165, 1.54) is 23.9 Å². The van der Waals surface area contributed by atoms with Crippen LogP contribution in [0.3, 0.4) is 0 Å². The Morgan fingerprint density at radius 2 is 1.88 bits per heavy atom. The van der Waals surface area contributed by atoms with E-state index in [0.717, 1.165) is 36.6 Å². The summed E-state index contributed by atoms with van der Waals surface area (Å²) in [4.78, 5) is 9.44. The van der Waals surface area contributed by atoms with Crippen molar-refractivity contribution >= 4 is 16.6 Å². The molecule has 0 amide bonds. The highest BCUT2D eigenvalue weighted by Crippen LogP contribution is 2.32. The number of fused-ring (bicyclic) bond motifs is 1. The van der Waals surface area contributed by atoms with Crippen LogP contribution in [0.5, 0.6) is 5.75 Å². The molecule has 4 nitrogen and oxygen atoms in total. The molecule has 1 saturated heterocycles. The lowest BCUT2D eigenvalue weighted by molar-refractivity contribution is 0.141. The van der Waals surface area contributed by atoms with Gasteiger partial charge in [-0.05, 0) is 52.1 Å². The van der Waals surface area contributed by atoms with Crippen molar-refractivity contribution in [2.75, 3.05) is 45.2 Å². The third-order valence-electron chi connectivity index (χ3n) is 4.71. The SMILES string of the molecule is Cc1cc(N2CCCC2)c2ccc(OCC(C)(C)CN(C)C)cc2n1. The van der Waals surface area contributed by atoms with Crippen LogP contribution < -0.4 is 9.64 Å². The van der Waals surface area contributed by atoms with Crippen molar-refractivity contribution in [2.45, 2.75) is 33.6 Å². The molecule has 0 radical (unpaired) electrons. The number of benzene rings is 1. The lowest BCUT2D eigenvalue weighted by Crippen LogP contribution is -2.33. The molecule has 0 N–H and O–H groups in total. The van der Waals surface area contributed by atoms with Crippen molar-refractivity contribution in [1.82, 2.24) is 9.88 Å². The fourth-order valence-corrected chi connectivity index (χ4v) is 3.81. The first kappa shape index (κ1) is 18.0. The van der Waals surface area contributed by atoms with E-state index in [-0.39, 0.29) is 5.41 Å². The normalized spacial score (nSPS) is 15.4. The van der Waals surface area contributed by atoms with Crippen LogP contribution in [0.15, 0.2) is 24.3 Å².